The summed E-state index contributed by atoms with van der Waals surface area (Å²) in [5, 5.41) is 17.2. The number of carbonyl (C=O) groups is 1. The summed E-state index contributed by atoms with van der Waals surface area (Å²) in [5.41, 5.74) is 1.68. The van der Waals surface area contributed by atoms with Gasteiger partial charge < -0.3 is 9.84 Å². The van der Waals surface area contributed by atoms with Crippen molar-refractivity contribution in [2.45, 2.75) is 13.8 Å². The van der Waals surface area contributed by atoms with E-state index in [1.165, 1.54) is 12.1 Å². The molecule has 0 fully saturated rings. The number of benzene rings is 1. The van der Waals surface area contributed by atoms with Gasteiger partial charge in [-0.25, -0.2) is 4.79 Å². The Balaban J connectivity index is 3.11. The molecule has 0 aliphatic rings. The molecule has 0 amide bonds. The number of ether oxygens (including phenoxy) is 1. The standard InChI is InChI=1S/C11H11NO3/c1-7-5-9(11(13)14)6-8(2)10(7)15-4-3-12/h5-6H,4H2,1-2H3,(H,13,14). The van der Waals surface area contributed by atoms with E-state index in [1.54, 1.807) is 13.8 Å². The highest BCUT2D eigenvalue weighted by molar-refractivity contribution is 5.88. The first-order chi connectivity index (χ1) is 7.06. The average Bonchev–Trinajstić information content (AvgIpc) is 2.16. The summed E-state index contributed by atoms with van der Waals surface area (Å²) < 4.78 is 5.20. The zero-order valence-corrected chi connectivity index (χ0v) is 8.57. The second-order valence-electron chi connectivity index (χ2n) is 3.19. The number of nitriles is 1. The number of hydrogen-bond donors (Lipinski definition) is 1. The molecule has 1 aromatic rings. The van der Waals surface area contributed by atoms with E-state index in [4.69, 9.17) is 15.1 Å². The Morgan fingerprint density at radius 2 is 2.00 bits per heavy atom. The van der Waals surface area contributed by atoms with Crippen LogP contribution in [0.4, 0.5) is 0 Å². The van der Waals surface area contributed by atoms with Crippen LogP contribution in [-0.2, 0) is 0 Å². The van der Waals surface area contributed by atoms with Crippen molar-refractivity contribution in [2.24, 2.45) is 0 Å². The highest BCUT2D eigenvalue weighted by Gasteiger charge is 2.10. The summed E-state index contributed by atoms with van der Waals surface area (Å²) in [6.45, 7) is 3.48. The molecular formula is C11H11NO3. The van der Waals surface area contributed by atoms with Crippen LogP contribution in [0.15, 0.2) is 12.1 Å². The molecule has 1 N–H and O–H groups in total. The predicted octanol–water partition coefficient (Wildman–Crippen LogP) is 1.90. The van der Waals surface area contributed by atoms with Gasteiger partial charge in [0.05, 0.1) is 5.56 Å². The largest absolute Gasteiger partial charge is 0.478 e. The van der Waals surface area contributed by atoms with Crippen molar-refractivity contribution in [3.8, 4) is 11.8 Å². The van der Waals surface area contributed by atoms with Gasteiger partial charge in [-0.05, 0) is 37.1 Å². The van der Waals surface area contributed by atoms with Gasteiger partial charge in [0.25, 0.3) is 0 Å². The third-order valence-corrected chi connectivity index (χ3v) is 1.99. The van der Waals surface area contributed by atoms with Gasteiger partial charge in [-0.15, -0.1) is 0 Å². The van der Waals surface area contributed by atoms with E-state index < -0.39 is 5.97 Å². The van der Waals surface area contributed by atoms with Crippen LogP contribution in [0.3, 0.4) is 0 Å². The van der Waals surface area contributed by atoms with Gasteiger partial charge in [0.1, 0.15) is 11.8 Å². The van der Waals surface area contributed by atoms with Crippen molar-refractivity contribution in [3.05, 3.63) is 28.8 Å². The molecule has 0 saturated heterocycles. The van der Waals surface area contributed by atoms with Crippen molar-refractivity contribution in [3.63, 3.8) is 0 Å². The second kappa shape index (κ2) is 4.47. The maximum Gasteiger partial charge on any atom is 0.335 e. The molecule has 0 aliphatic carbocycles. The van der Waals surface area contributed by atoms with Gasteiger partial charge in [-0.1, -0.05) is 0 Å². The SMILES string of the molecule is Cc1cc(C(=O)O)cc(C)c1OCC#N. The van der Waals surface area contributed by atoms with Crippen molar-refractivity contribution >= 4 is 5.97 Å². The molecule has 4 heteroatoms. The van der Waals surface area contributed by atoms with Gasteiger partial charge in [0.15, 0.2) is 6.61 Å². The topological polar surface area (TPSA) is 70.3 Å². The first kappa shape index (κ1) is 11.1. The van der Waals surface area contributed by atoms with Crippen LogP contribution in [0.1, 0.15) is 21.5 Å². The quantitative estimate of drug-likeness (QED) is 0.818. The van der Waals surface area contributed by atoms with E-state index in [9.17, 15) is 4.79 Å². The maximum atomic E-state index is 10.7. The van der Waals surface area contributed by atoms with Crippen LogP contribution in [0.5, 0.6) is 5.75 Å². The van der Waals surface area contributed by atoms with Crippen LogP contribution in [0.2, 0.25) is 0 Å². The number of nitrogens with zero attached hydrogens (tertiary/aromatic N) is 1. The molecule has 1 aromatic carbocycles. The van der Waals surface area contributed by atoms with Gasteiger partial charge in [-0.3, -0.25) is 0 Å². The Kier molecular flexibility index (Phi) is 3.29. The Hall–Kier alpha value is -2.02. The van der Waals surface area contributed by atoms with Crippen LogP contribution < -0.4 is 4.74 Å². The fourth-order valence-electron chi connectivity index (χ4n) is 1.41. The molecule has 0 unspecified atom stereocenters. The molecule has 0 spiro atoms. The minimum absolute atomic E-state index is 0.0336. The molecule has 0 atom stereocenters. The van der Waals surface area contributed by atoms with Gasteiger partial charge in [0, 0.05) is 0 Å². The van der Waals surface area contributed by atoms with Crippen molar-refractivity contribution in [1.29, 1.82) is 5.26 Å². The zero-order valence-electron chi connectivity index (χ0n) is 8.57. The maximum absolute atomic E-state index is 10.7. The highest BCUT2D eigenvalue weighted by Crippen LogP contribution is 2.24. The molecule has 15 heavy (non-hydrogen) atoms. The van der Waals surface area contributed by atoms with E-state index in [2.05, 4.69) is 0 Å². The van der Waals surface area contributed by atoms with Crippen LogP contribution in [0, 0.1) is 25.2 Å². The molecule has 0 bridgehead atoms. The monoisotopic (exact) mass is 205 g/mol. The Morgan fingerprint density at radius 1 is 1.47 bits per heavy atom. The average molecular weight is 205 g/mol. The predicted molar refractivity (Wildman–Crippen MR) is 54.0 cm³/mol. The lowest BCUT2D eigenvalue weighted by Gasteiger charge is -2.10. The van der Waals surface area contributed by atoms with Crippen LogP contribution in [-0.4, -0.2) is 17.7 Å². The first-order valence-corrected chi connectivity index (χ1v) is 4.40. The summed E-state index contributed by atoms with van der Waals surface area (Å²) in [4.78, 5) is 10.7. The Morgan fingerprint density at radius 3 is 2.40 bits per heavy atom. The Labute approximate surface area is 87.7 Å². The van der Waals surface area contributed by atoms with Crippen molar-refractivity contribution < 1.29 is 14.6 Å². The number of carboxylic acids is 1. The molecule has 0 heterocycles. The lowest BCUT2D eigenvalue weighted by molar-refractivity contribution is 0.0696. The fourth-order valence-corrected chi connectivity index (χ4v) is 1.41. The van der Waals surface area contributed by atoms with Gasteiger partial charge >= 0.3 is 5.97 Å². The lowest BCUT2D eigenvalue weighted by Crippen LogP contribution is -2.02. The molecular weight excluding hydrogens is 194 g/mol. The van der Waals surface area contributed by atoms with E-state index >= 15 is 0 Å². The number of aromatic carboxylic acids is 1. The van der Waals surface area contributed by atoms with Crippen LogP contribution in [0.25, 0.3) is 0 Å². The number of aryl methyl sites for hydroxylation is 2. The van der Waals surface area contributed by atoms with E-state index in [0.29, 0.717) is 5.75 Å². The number of rotatable bonds is 3. The smallest absolute Gasteiger partial charge is 0.335 e. The number of hydrogen-bond acceptors (Lipinski definition) is 3. The molecule has 0 saturated carbocycles. The normalized spacial score (nSPS) is 9.40. The van der Waals surface area contributed by atoms with E-state index in [0.717, 1.165) is 11.1 Å². The minimum atomic E-state index is -0.965. The van der Waals surface area contributed by atoms with E-state index in [1.807, 2.05) is 6.07 Å². The van der Waals surface area contributed by atoms with Gasteiger partial charge in [-0.2, -0.15) is 5.26 Å². The molecule has 4 nitrogen and oxygen atoms in total. The van der Waals surface area contributed by atoms with Crippen molar-refractivity contribution in [2.75, 3.05) is 6.61 Å². The zero-order chi connectivity index (χ0) is 11.4. The lowest BCUT2D eigenvalue weighted by atomic mass is 10.1. The third kappa shape index (κ3) is 2.47. The summed E-state index contributed by atoms with van der Waals surface area (Å²) in [6, 6.07) is 4.93. The molecule has 1 rings (SSSR count). The minimum Gasteiger partial charge on any atom is -0.478 e. The second-order valence-corrected chi connectivity index (χ2v) is 3.19. The van der Waals surface area contributed by atoms with E-state index in [-0.39, 0.29) is 12.2 Å². The van der Waals surface area contributed by atoms with Crippen LogP contribution >= 0.6 is 0 Å². The van der Waals surface area contributed by atoms with Crippen molar-refractivity contribution in [1.82, 2.24) is 0 Å². The number of carboxylic acid groups (broad SMARTS) is 1. The highest BCUT2D eigenvalue weighted by atomic mass is 16.5. The fraction of sp³-hybridized carbons (Fsp3) is 0.273. The molecule has 0 aliphatic heterocycles. The summed E-state index contributed by atoms with van der Waals surface area (Å²) in [5.74, 6) is -0.380. The third-order valence-electron chi connectivity index (χ3n) is 1.99. The summed E-state index contributed by atoms with van der Waals surface area (Å²) >= 11 is 0. The first-order valence-electron chi connectivity index (χ1n) is 4.40. The molecule has 0 aromatic heterocycles. The Bertz CT molecular complexity index is 409. The van der Waals surface area contributed by atoms with Gasteiger partial charge in [0.2, 0.25) is 0 Å². The molecule has 0 radical (unpaired) electrons. The summed E-state index contributed by atoms with van der Waals surface area (Å²) in [7, 11) is 0. The summed E-state index contributed by atoms with van der Waals surface area (Å²) in [6.07, 6.45) is 0. The molecule has 78 valence electrons.